The molecule has 0 N–H and O–H groups in total. The van der Waals surface area contributed by atoms with E-state index in [-0.39, 0.29) is 5.82 Å². The van der Waals surface area contributed by atoms with Crippen molar-refractivity contribution in [2.45, 2.75) is 33.0 Å². The lowest BCUT2D eigenvalue weighted by Crippen LogP contribution is -2.25. The maximum atomic E-state index is 14.2. The van der Waals surface area contributed by atoms with Crippen molar-refractivity contribution in [3.8, 4) is 5.69 Å². The summed E-state index contributed by atoms with van der Waals surface area (Å²) in [5.74, 6) is 0.812. The molecular weight excluding hydrogens is 377 g/mol. The number of hydrogen-bond acceptors (Lipinski definition) is 3. The fourth-order valence-corrected chi connectivity index (χ4v) is 3.65. The summed E-state index contributed by atoms with van der Waals surface area (Å²) in [7, 11) is 0. The Hall–Kier alpha value is -3.25. The zero-order valence-electron chi connectivity index (χ0n) is 17.2. The molecular formula is C24H26FN5. The van der Waals surface area contributed by atoms with Gasteiger partial charge >= 0.3 is 0 Å². The molecule has 0 aliphatic carbocycles. The summed E-state index contributed by atoms with van der Waals surface area (Å²) in [6.45, 7) is 5.10. The van der Waals surface area contributed by atoms with Crippen molar-refractivity contribution in [3.05, 3.63) is 102 Å². The van der Waals surface area contributed by atoms with Crippen LogP contribution < -0.4 is 0 Å². The van der Waals surface area contributed by atoms with Gasteiger partial charge in [0.25, 0.3) is 0 Å². The van der Waals surface area contributed by atoms with Gasteiger partial charge in [-0.2, -0.15) is 0 Å². The molecule has 0 fully saturated rings. The number of hydrogen-bond donors (Lipinski definition) is 0. The zero-order valence-corrected chi connectivity index (χ0v) is 17.2. The summed E-state index contributed by atoms with van der Waals surface area (Å²) in [6.07, 6.45) is 10.3. The van der Waals surface area contributed by atoms with Crippen LogP contribution in [0.1, 0.15) is 23.4 Å². The van der Waals surface area contributed by atoms with E-state index in [4.69, 9.17) is 0 Å². The highest BCUT2D eigenvalue weighted by Crippen LogP contribution is 2.16. The van der Waals surface area contributed by atoms with E-state index < -0.39 is 0 Å². The first-order valence-electron chi connectivity index (χ1n) is 10.2. The van der Waals surface area contributed by atoms with Gasteiger partial charge in [0.2, 0.25) is 0 Å². The third kappa shape index (κ3) is 5.02. The zero-order chi connectivity index (χ0) is 20.8. The Kier molecular flexibility index (Phi) is 6.35. The standard InChI is InChI=1S/C24H26FN5/c1-20-27-12-16-30(20)23-9-7-21(8-10-23)17-29(14-4-13-28-15-11-26-19-28)18-22-5-2-3-6-24(22)25/h2-3,5-12,15-16,19H,4,13-14,17-18H2,1H3. The van der Waals surface area contributed by atoms with Crippen LogP contribution in [-0.2, 0) is 19.6 Å². The van der Waals surface area contributed by atoms with Crippen molar-refractivity contribution < 1.29 is 4.39 Å². The Morgan fingerprint density at radius 1 is 0.967 bits per heavy atom. The summed E-state index contributed by atoms with van der Waals surface area (Å²) in [5, 5.41) is 0. The molecule has 0 aliphatic rings. The highest BCUT2D eigenvalue weighted by molar-refractivity contribution is 5.35. The van der Waals surface area contributed by atoms with Crippen LogP contribution in [0.3, 0.4) is 0 Å². The first-order valence-corrected chi connectivity index (χ1v) is 10.2. The Balaban J connectivity index is 1.45. The number of halogens is 1. The molecule has 0 saturated carbocycles. The van der Waals surface area contributed by atoms with Crippen molar-refractivity contribution in [1.29, 1.82) is 0 Å². The van der Waals surface area contributed by atoms with E-state index in [0.717, 1.165) is 43.1 Å². The quantitative estimate of drug-likeness (QED) is 0.410. The Labute approximate surface area is 176 Å². The number of aromatic nitrogens is 4. The maximum absolute atomic E-state index is 14.2. The first-order chi connectivity index (χ1) is 14.7. The monoisotopic (exact) mass is 403 g/mol. The SMILES string of the molecule is Cc1nccn1-c1ccc(CN(CCCn2ccnc2)Cc2ccccc2F)cc1. The lowest BCUT2D eigenvalue weighted by molar-refractivity contribution is 0.245. The molecule has 0 bridgehead atoms. The molecule has 0 amide bonds. The van der Waals surface area contributed by atoms with E-state index in [1.807, 2.05) is 37.8 Å². The minimum Gasteiger partial charge on any atom is -0.337 e. The van der Waals surface area contributed by atoms with Crippen LogP contribution in [0.15, 0.2) is 79.6 Å². The van der Waals surface area contributed by atoms with Gasteiger partial charge in [0, 0.05) is 62.2 Å². The van der Waals surface area contributed by atoms with Gasteiger partial charge in [-0.05, 0) is 37.1 Å². The average Bonchev–Trinajstić information content (AvgIpc) is 3.42. The molecule has 5 nitrogen and oxygen atoms in total. The smallest absolute Gasteiger partial charge is 0.127 e. The van der Waals surface area contributed by atoms with Crippen LogP contribution in [0.25, 0.3) is 5.69 Å². The topological polar surface area (TPSA) is 38.9 Å². The fraction of sp³-hybridized carbons (Fsp3) is 0.250. The number of aryl methyl sites for hydroxylation is 2. The highest BCUT2D eigenvalue weighted by atomic mass is 19.1. The molecule has 0 unspecified atom stereocenters. The van der Waals surface area contributed by atoms with E-state index in [9.17, 15) is 4.39 Å². The van der Waals surface area contributed by atoms with E-state index in [0.29, 0.717) is 6.54 Å². The summed E-state index contributed by atoms with van der Waals surface area (Å²) in [6, 6.07) is 15.5. The molecule has 2 aromatic carbocycles. The van der Waals surface area contributed by atoms with Crippen LogP contribution >= 0.6 is 0 Å². The average molecular weight is 404 g/mol. The third-order valence-electron chi connectivity index (χ3n) is 5.25. The third-order valence-corrected chi connectivity index (χ3v) is 5.25. The van der Waals surface area contributed by atoms with Crippen molar-refractivity contribution in [3.63, 3.8) is 0 Å². The molecule has 4 aromatic rings. The number of nitrogens with zero attached hydrogens (tertiary/aromatic N) is 5. The Morgan fingerprint density at radius 3 is 2.50 bits per heavy atom. The summed E-state index contributed by atoms with van der Waals surface area (Å²) >= 11 is 0. The lowest BCUT2D eigenvalue weighted by Gasteiger charge is -2.23. The van der Waals surface area contributed by atoms with E-state index in [1.54, 1.807) is 18.5 Å². The van der Waals surface area contributed by atoms with E-state index >= 15 is 0 Å². The van der Waals surface area contributed by atoms with Gasteiger partial charge in [-0.25, -0.2) is 14.4 Å². The highest BCUT2D eigenvalue weighted by Gasteiger charge is 2.11. The van der Waals surface area contributed by atoms with Gasteiger partial charge in [-0.1, -0.05) is 30.3 Å². The molecule has 0 saturated heterocycles. The number of rotatable bonds is 9. The minimum atomic E-state index is -0.150. The second kappa shape index (κ2) is 9.50. The predicted octanol–water partition coefficient (Wildman–Crippen LogP) is 4.61. The number of imidazole rings is 2. The van der Waals surface area contributed by atoms with Crippen molar-refractivity contribution in [2.24, 2.45) is 0 Å². The number of benzene rings is 2. The minimum absolute atomic E-state index is 0.150. The molecule has 6 heteroatoms. The summed E-state index contributed by atoms with van der Waals surface area (Å²) in [4.78, 5) is 10.7. The van der Waals surface area contributed by atoms with Crippen LogP contribution in [0, 0.1) is 12.7 Å². The molecule has 0 spiro atoms. The molecule has 0 aliphatic heterocycles. The molecule has 2 heterocycles. The van der Waals surface area contributed by atoms with Gasteiger partial charge < -0.3 is 9.13 Å². The van der Waals surface area contributed by atoms with Crippen LogP contribution in [0.2, 0.25) is 0 Å². The van der Waals surface area contributed by atoms with E-state index in [1.165, 1.54) is 11.6 Å². The maximum Gasteiger partial charge on any atom is 0.127 e. The fourth-order valence-electron chi connectivity index (χ4n) is 3.65. The Morgan fingerprint density at radius 2 is 1.80 bits per heavy atom. The molecule has 30 heavy (non-hydrogen) atoms. The molecule has 4 rings (SSSR count). The second-order valence-corrected chi connectivity index (χ2v) is 7.47. The first kappa shape index (κ1) is 20.0. The second-order valence-electron chi connectivity index (χ2n) is 7.47. The van der Waals surface area contributed by atoms with Gasteiger partial charge in [-0.15, -0.1) is 0 Å². The summed E-state index contributed by atoms with van der Waals surface area (Å²) in [5.41, 5.74) is 3.02. The van der Waals surface area contributed by atoms with E-state index in [2.05, 4.69) is 48.3 Å². The van der Waals surface area contributed by atoms with Crippen molar-refractivity contribution in [2.75, 3.05) is 6.54 Å². The normalized spacial score (nSPS) is 11.3. The van der Waals surface area contributed by atoms with Crippen LogP contribution in [0.4, 0.5) is 4.39 Å². The largest absolute Gasteiger partial charge is 0.337 e. The van der Waals surface area contributed by atoms with Crippen molar-refractivity contribution >= 4 is 0 Å². The predicted molar refractivity (Wildman–Crippen MR) is 116 cm³/mol. The molecule has 154 valence electrons. The van der Waals surface area contributed by atoms with Gasteiger partial charge in [0.1, 0.15) is 11.6 Å². The van der Waals surface area contributed by atoms with Crippen LogP contribution in [-0.4, -0.2) is 30.5 Å². The van der Waals surface area contributed by atoms with Gasteiger partial charge in [0.15, 0.2) is 0 Å². The Bertz CT molecular complexity index is 1050. The van der Waals surface area contributed by atoms with Crippen LogP contribution in [0.5, 0.6) is 0 Å². The summed E-state index contributed by atoms with van der Waals surface area (Å²) < 4.78 is 18.4. The van der Waals surface area contributed by atoms with Crippen molar-refractivity contribution in [1.82, 2.24) is 24.0 Å². The molecule has 0 radical (unpaired) electrons. The lowest BCUT2D eigenvalue weighted by atomic mass is 10.1. The molecule has 2 aromatic heterocycles. The molecule has 0 atom stereocenters. The van der Waals surface area contributed by atoms with Gasteiger partial charge in [-0.3, -0.25) is 4.90 Å². The van der Waals surface area contributed by atoms with Gasteiger partial charge in [0.05, 0.1) is 6.33 Å².